The molecule has 0 spiro atoms. The highest BCUT2D eigenvalue weighted by atomic mass is 16.6. The lowest BCUT2D eigenvalue weighted by Crippen LogP contribution is -2.50. The van der Waals surface area contributed by atoms with Crippen molar-refractivity contribution in [3.05, 3.63) is 11.6 Å². The zero-order valence-electron chi connectivity index (χ0n) is 22.7. The monoisotopic (exact) mass is 472 g/mol. The van der Waals surface area contributed by atoms with Crippen molar-refractivity contribution in [2.24, 2.45) is 40.4 Å². The smallest absolute Gasteiger partial charge is 0.144 e. The lowest BCUT2D eigenvalue weighted by Gasteiger charge is -2.58. The van der Waals surface area contributed by atoms with Gasteiger partial charge in [0, 0.05) is 0 Å². The molecule has 4 fully saturated rings. The van der Waals surface area contributed by atoms with Gasteiger partial charge in [-0.05, 0) is 125 Å². The molecule has 193 valence electrons. The second-order valence-corrected chi connectivity index (χ2v) is 14.3. The molecule has 4 aliphatic carbocycles. The number of rotatable bonds is 5. The van der Waals surface area contributed by atoms with Gasteiger partial charge in [0.25, 0.3) is 0 Å². The maximum Gasteiger partial charge on any atom is 0.144 e. The largest absolute Gasteiger partial charge is 0.393 e. The Morgan fingerprint density at radius 2 is 1.85 bits per heavy atom. The Morgan fingerprint density at radius 3 is 2.56 bits per heavy atom. The average Bonchev–Trinajstić information content (AvgIpc) is 3.24. The van der Waals surface area contributed by atoms with Gasteiger partial charge < -0.3 is 9.84 Å². The van der Waals surface area contributed by atoms with Crippen LogP contribution in [0.3, 0.4) is 0 Å². The van der Waals surface area contributed by atoms with Gasteiger partial charge in [0.15, 0.2) is 0 Å². The van der Waals surface area contributed by atoms with E-state index >= 15 is 0 Å². The van der Waals surface area contributed by atoms with E-state index in [-0.39, 0.29) is 6.10 Å². The summed E-state index contributed by atoms with van der Waals surface area (Å²) in [6, 6.07) is 0. The van der Waals surface area contributed by atoms with Crippen molar-refractivity contribution >= 4 is 0 Å². The third-order valence-electron chi connectivity index (χ3n) is 11.9. The first-order chi connectivity index (χ1) is 15.9. The van der Waals surface area contributed by atoms with Crippen LogP contribution in [0.5, 0.6) is 0 Å². The molecule has 0 amide bonds. The summed E-state index contributed by atoms with van der Waals surface area (Å²) in [7, 11) is 0. The fraction of sp³-hybridized carbons (Fsp3) is 0.933. The van der Waals surface area contributed by atoms with Crippen LogP contribution in [0.15, 0.2) is 11.6 Å². The van der Waals surface area contributed by atoms with Gasteiger partial charge in [0.1, 0.15) is 5.72 Å². The molecule has 1 aliphatic heterocycles. The number of hydroxylamine groups is 2. The lowest BCUT2D eigenvalue weighted by molar-refractivity contribution is -0.286. The minimum Gasteiger partial charge on any atom is -0.393 e. The number of allylic oxidation sites excluding steroid dienone is 1. The summed E-state index contributed by atoms with van der Waals surface area (Å²) in [5.74, 6) is 4.02. The number of fused-ring (bicyclic) bond motifs is 5. The average molecular weight is 473 g/mol. The molecule has 0 aromatic carbocycles. The van der Waals surface area contributed by atoms with Gasteiger partial charge in [-0.2, -0.15) is 0 Å². The van der Waals surface area contributed by atoms with Crippen molar-refractivity contribution in [2.45, 2.75) is 130 Å². The van der Waals surface area contributed by atoms with E-state index < -0.39 is 11.3 Å². The van der Waals surface area contributed by atoms with Crippen molar-refractivity contribution in [2.75, 3.05) is 6.61 Å². The number of aliphatic hydroxyl groups is 1. The van der Waals surface area contributed by atoms with E-state index in [0.29, 0.717) is 23.4 Å². The molecule has 34 heavy (non-hydrogen) atoms. The molecular weight excluding hydrogens is 422 g/mol. The molecule has 5 aliphatic rings. The molecular formula is C30H50NO3. The number of ether oxygens (including phenoxy) is 1. The summed E-state index contributed by atoms with van der Waals surface area (Å²) >= 11 is 0. The Labute approximate surface area is 208 Å². The van der Waals surface area contributed by atoms with E-state index in [1.807, 2.05) is 20.8 Å². The van der Waals surface area contributed by atoms with E-state index in [2.05, 4.69) is 26.8 Å². The third-order valence-corrected chi connectivity index (χ3v) is 11.9. The summed E-state index contributed by atoms with van der Waals surface area (Å²) < 4.78 is 5.99. The highest BCUT2D eigenvalue weighted by Crippen LogP contribution is 2.67. The van der Waals surface area contributed by atoms with Crippen LogP contribution in [0.1, 0.15) is 112 Å². The topological polar surface area (TPSA) is 52.6 Å². The second-order valence-electron chi connectivity index (χ2n) is 14.3. The molecule has 3 saturated carbocycles. The van der Waals surface area contributed by atoms with Crippen LogP contribution >= 0.6 is 0 Å². The molecule has 4 heteroatoms. The van der Waals surface area contributed by atoms with E-state index in [1.54, 1.807) is 5.57 Å². The summed E-state index contributed by atoms with van der Waals surface area (Å²) in [5.41, 5.74) is 1.32. The zero-order valence-corrected chi connectivity index (χ0v) is 22.7. The van der Waals surface area contributed by atoms with Gasteiger partial charge in [0.2, 0.25) is 0 Å². The van der Waals surface area contributed by atoms with Crippen LogP contribution in [-0.4, -0.2) is 34.1 Å². The van der Waals surface area contributed by atoms with Crippen LogP contribution in [0, 0.1) is 40.4 Å². The van der Waals surface area contributed by atoms with Crippen LogP contribution in [0.2, 0.25) is 0 Å². The number of aliphatic hydroxyl groups excluding tert-OH is 1. The third kappa shape index (κ3) is 3.85. The molecule has 4 nitrogen and oxygen atoms in total. The molecule has 1 heterocycles. The van der Waals surface area contributed by atoms with Crippen LogP contribution in [-0.2, 0) is 9.94 Å². The fourth-order valence-electron chi connectivity index (χ4n) is 9.83. The van der Waals surface area contributed by atoms with E-state index in [0.717, 1.165) is 49.4 Å². The van der Waals surface area contributed by atoms with Crippen LogP contribution in [0.25, 0.3) is 0 Å². The zero-order chi connectivity index (χ0) is 24.5. The predicted molar refractivity (Wildman–Crippen MR) is 135 cm³/mol. The Hall–Kier alpha value is -0.420. The van der Waals surface area contributed by atoms with E-state index in [9.17, 15) is 10.3 Å². The normalized spacial score (nSPS) is 49.2. The number of nitrogens with zero attached hydrogens (tertiary/aromatic N) is 1. The van der Waals surface area contributed by atoms with E-state index in [4.69, 9.17) is 4.74 Å². The summed E-state index contributed by atoms with van der Waals surface area (Å²) in [6.07, 6.45) is 15.4. The standard InChI is InChI=1S/C30H50NO3/c1-20(8-7-15-30(6)31(33)27(2,3)19-34-30)24-11-12-25-23-10-9-21-18-22(32)13-16-28(21,4)26(23)14-17-29(24,25)5/h9,20,22-26,32H,7-8,10-19H2,1-6H3/t20-,22+,23?,24-,25?,26?,28+,29-,30?/m1/s1. The van der Waals surface area contributed by atoms with Crippen molar-refractivity contribution in [3.63, 3.8) is 0 Å². The van der Waals surface area contributed by atoms with Crippen LogP contribution < -0.4 is 0 Å². The van der Waals surface area contributed by atoms with Crippen molar-refractivity contribution in [1.82, 2.24) is 5.06 Å². The Kier molecular flexibility index (Phi) is 6.36. The second kappa shape index (κ2) is 8.57. The van der Waals surface area contributed by atoms with Gasteiger partial charge >= 0.3 is 0 Å². The van der Waals surface area contributed by atoms with Gasteiger partial charge in [0.05, 0.1) is 18.2 Å². The molecule has 0 bridgehead atoms. The first-order valence-corrected chi connectivity index (χ1v) is 14.4. The predicted octanol–water partition coefficient (Wildman–Crippen LogP) is 6.91. The van der Waals surface area contributed by atoms with Crippen molar-refractivity contribution in [3.8, 4) is 0 Å². The molecule has 4 unspecified atom stereocenters. The fourth-order valence-corrected chi connectivity index (χ4v) is 9.83. The number of hydrogen-bond donors (Lipinski definition) is 1. The maximum atomic E-state index is 12.8. The summed E-state index contributed by atoms with van der Waals surface area (Å²) in [4.78, 5) is 0. The highest BCUT2D eigenvalue weighted by molar-refractivity contribution is 5.25. The quantitative estimate of drug-likeness (QED) is 0.443. The van der Waals surface area contributed by atoms with Crippen molar-refractivity contribution in [1.29, 1.82) is 0 Å². The maximum absolute atomic E-state index is 12.8. The van der Waals surface area contributed by atoms with Gasteiger partial charge in [-0.3, -0.25) is 0 Å². The van der Waals surface area contributed by atoms with Crippen LogP contribution in [0.4, 0.5) is 0 Å². The first kappa shape index (κ1) is 25.2. The molecule has 0 aromatic heterocycles. The SMILES string of the molecule is C[C@H](CCCC1(C)OCC(C)(C)N1[O])[C@H]1CCC2C3CC=C4C[C@@H](O)CC[C@]4(C)C3CC[C@@]21C. The summed E-state index contributed by atoms with van der Waals surface area (Å²) in [5, 5.41) is 24.3. The molecule has 1 radical (unpaired) electrons. The van der Waals surface area contributed by atoms with Crippen molar-refractivity contribution < 1.29 is 15.1 Å². The molecule has 5 rings (SSSR count). The van der Waals surface area contributed by atoms with E-state index in [1.165, 1.54) is 50.0 Å². The molecule has 1 N–H and O–H groups in total. The minimum absolute atomic E-state index is 0.113. The Morgan fingerprint density at radius 1 is 1.09 bits per heavy atom. The molecule has 1 saturated heterocycles. The Bertz CT molecular complexity index is 809. The van der Waals surface area contributed by atoms with Gasteiger partial charge in [-0.15, -0.1) is 10.3 Å². The Balaban J connectivity index is 1.23. The molecule has 0 aromatic rings. The summed E-state index contributed by atoms with van der Waals surface area (Å²) in [6.45, 7) is 14.2. The van der Waals surface area contributed by atoms with Gasteiger partial charge in [-0.25, -0.2) is 0 Å². The minimum atomic E-state index is -0.654. The molecule has 9 atom stereocenters. The lowest BCUT2D eigenvalue weighted by atomic mass is 9.47. The highest BCUT2D eigenvalue weighted by Gasteiger charge is 2.59. The van der Waals surface area contributed by atoms with Gasteiger partial charge in [-0.1, -0.05) is 38.8 Å². The first-order valence-electron chi connectivity index (χ1n) is 14.4. The number of hydrogen-bond acceptors (Lipinski definition) is 3.